The maximum atomic E-state index is 9.72. The van der Waals surface area contributed by atoms with Gasteiger partial charge in [0.05, 0.1) is 0 Å². The maximum Gasteiger partial charge on any atom is 0.181 e. The molecular formula is C29H43NO2. The highest BCUT2D eigenvalue weighted by Crippen LogP contribution is 2.35. The van der Waals surface area contributed by atoms with Crippen molar-refractivity contribution in [3.63, 3.8) is 0 Å². The normalized spacial score (nSPS) is 13.1. The van der Waals surface area contributed by atoms with Gasteiger partial charge in [0, 0.05) is 5.56 Å². The van der Waals surface area contributed by atoms with E-state index in [1.165, 1.54) is 28.6 Å². The second-order valence-corrected chi connectivity index (χ2v) is 13.0. The zero-order chi connectivity index (χ0) is 24.7. The molecule has 0 unspecified atom stereocenters. The van der Waals surface area contributed by atoms with Crippen molar-refractivity contribution in [3.05, 3.63) is 59.0 Å². The molecule has 1 N–H and O–H groups in total. The Labute approximate surface area is 195 Å². The molecule has 3 nitrogen and oxygen atoms in total. The number of fused-ring (bicyclic) bond motifs is 1. The van der Waals surface area contributed by atoms with Crippen LogP contribution in [0.15, 0.2) is 41.1 Å². The van der Waals surface area contributed by atoms with Crippen LogP contribution in [0.25, 0.3) is 11.1 Å². The molecule has 0 radical (unpaired) electrons. The Morgan fingerprint density at radius 1 is 0.594 bits per heavy atom. The van der Waals surface area contributed by atoms with Crippen molar-refractivity contribution in [3.8, 4) is 5.75 Å². The van der Waals surface area contributed by atoms with Gasteiger partial charge in [0.1, 0.15) is 11.3 Å². The summed E-state index contributed by atoms with van der Waals surface area (Å²) in [6.45, 7) is 26.2. The Bertz CT molecular complexity index is 1030. The maximum absolute atomic E-state index is 9.72. The molecule has 3 rings (SSSR count). The fraction of sp³-hybridized carbons (Fsp3) is 0.552. The molecule has 2 aromatic carbocycles. The number of rotatable bonds is 0. The number of oxazole rings is 1. The largest absolute Gasteiger partial charge is 0.508 e. The molecule has 3 aromatic rings. The molecule has 1 heterocycles. The number of hydrogen-bond acceptors (Lipinski definition) is 3. The van der Waals surface area contributed by atoms with Gasteiger partial charge in [-0.3, -0.25) is 0 Å². The van der Waals surface area contributed by atoms with Gasteiger partial charge >= 0.3 is 0 Å². The van der Waals surface area contributed by atoms with E-state index in [0.717, 1.165) is 11.1 Å². The number of aromatic nitrogens is 1. The van der Waals surface area contributed by atoms with E-state index in [9.17, 15) is 5.11 Å². The molecule has 0 aliphatic rings. The molecule has 0 spiro atoms. The lowest BCUT2D eigenvalue weighted by Crippen LogP contribution is -2.16. The summed E-state index contributed by atoms with van der Waals surface area (Å²) < 4.78 is 5.53. The molecule has 1 aromatic heterocycles. The first-order valence-corrected chi connectivity index (χ1v) is 11.5. The highest BCUT2D eigenvalue weighted by molar-refractivity contribution is 5.78. The van der Waals surface area contributed by atoms with Crippen molar-refractivity contribution >= 4 is 11.1 Å². The number of phenolic OH excluding ortho intramolecular Hbond substituents is 1. The van der Waals surface area contributed by atoms with E-state index in [1.54, 1.807) is 0 Å². The van der Waals surface area contributed by atoms with Gasteiger partial charge in [-0.2, -0.15) is 0 Å². The van der Waals surface area contributed by atoms with Crippen molar-refractivity contribution < 1.29 is 9.52 Å². The van der Waals surface area contributed by atoms with E-state index in [1.807, 2.05) is 12.1 Å². The van der Waals surface area contributed by atoms with Crippen molar-refractivity contribution in [2.45, 2.75) is 105 Å². The van der Waals surface area contributed by atoms with Crippen molar-refractivity contribution in [1.29, 1.82) is 0 Å². The van der Waals surface area contributed by atoms with Crippen LogP contribution in [0.2, 0.25) is 0 Å². The lowest BCUT2D eigenvalue weighted by atomic mass is 9.80. The van der Waals surface area contributed by atoms with Gasteiger partial charge < -0.3 is 9.52 Å². The van der Waals surface area contributed by atoms with E-state index in [4.69, 9.17) is 4.42 Å². The number of aromatic hydroxyl groups is 1. The molecule has 0 aliphatic heterocycles. The van der Waals surface area contributed by atoms with Crippen LogP contribution in [-0.4, -0.2) is 10.1 Å². The highest BCUT2D eigenvalue weighted by atomic mass is 16.3. The molecule has 0 atom stereocenters. The van der Waals surface area contributed by atoms with Gasteiger partial charge in [-0.1, -0.05) is 95.2 Å². The summed E-state index contributed by atoms with van der Waals surface area (Å²) in [4.78, 5) is 4.30. The van der Waals surface area contributed by atoms with E-state index < -0.39 is 0 Å². The Morgan fingerprint density at radius 3 is 1.44 bits per heavy atom. The lowest BCUT2D eigenvalue weighted by Gasteiger charge is -2.25. The third-order valence-electron chi connectivity index (χ3n) is 5.76. The van der Waals surface area contributed by atoms with Gasteiger partial charge in [-0.25, -0.2) is 4.98 Å². The SMILES string of the molecule is CC(C)(C)c1cc(C(C)(C)C)c2ocnc2c1.CC(C)(C)c1cc(O)cc(C(C)(C)C)c1. The Hall–Kier alpha value is -2.29. The van der Waals surface area contributed by atoms with Crippen LogP contribution in [0.3, 0.4) is 0 Å². The van der Waals surface area contributed by atoms with Gasteiger partial charge in [-0.05, 0) is 56.5 Å². The zero-order valence-corrected chi connectivity index (χ0v) is 22.3. The number of hydrogen-bond donors (Lipinski definition) is 1. The average molecular weight is 438 g/mol. The molecule has 0 aliphatic carbocycles. The summed E-state index contributed by atoms with van der Waals surface area (Å²) in [5.74, 6) is 0.368. The Morgan fingerprint density at radius 2 is 1.03 bits per heavy atom. The van der Waals surface area contributed by atoms with E-state index in [2.05, 4.69) is 106 Å². The fourth-order valence-electron chi connectivity index (χ4n) is 3.44. The van der Waals surface area contributed by atoms with Crippen LogP contribution >= 0.6 is 0 Å². The summed E-state index contributed by atoms with van der Waals surface area (Å²) in [5, 5.41) is 9.72. The fourth-order valence-corrected chi connectivity index (χ4v) is 3.44. The summed E-state index contributed by atoms with van der Waals surface area (Å²) in [7, 11) is 0. The minimum absolute atomic E-state index is 0.0685. The van der Waals surface area contributed by atoms with Crippen LogP contribution in [-0.2, 0) is 21.7 Å². The number of benzene rings is 2. The lowest BCUT2D eigenvalue weighted by molar-refractivity contribution is 0.466. The second-order valence-electron chi connectivity index (χ2n) is 13.0. The summed E-state index contributed by atoms with van der Waals surface area (Å²) >= 11 is 0. The molecule has 32 heavy (non-hydrogen) atoms. The number of phenols is 1. The smallest absolute Gasteiger partial charge is 0.181 e. The quantitative estimate of drug-likeness (QED) is 0.384. The van der Waals surface area contributed by atoms with Crippen molar-refractivity contribution in [1.82, 2.24) is 4.98 Å². The Balaban J connectivity index is 0.000000229. The zero-order valence-electron chi connectivity index (χ0n) is 22.3. The van der Waals surface area contributed by atoms with Crippen LogP contribution < -0.4 is 0 Å². The molecular weight excluding hydrogens is 394 g/mol. The van der Waals surface area contributed by atoms with E-state index in [0.29, 0.717) is 5.75 Å². The predicted octanol–water partition coefficient (Wildman–Crippen LogP) is 8.41. The standard InChI is InChI=1S/C15H21NO.C14H22O/c1-14(2,3)10-7-11(15(4,5)6)13-12(8-10)16-9-17-13;1-13(2,3)10-7-11(14(4,5)6)9-12(15)8-10/h7-9H,1-6H3;7-9,15H,1-6H3. The summed E-state index contributed by atoms with van der Waals surface area (Å²) in [6.07, 6.45) is 1.53. The molecule has 0 fully saturated rings. The van der Waals surface area contributed by atoms with Crippen molar-refractivity contribution in [2.24, 2.45) is 0 Å². The second kappa shape index (κ2) is 8.57. The summed E-state index contributed by atoms with van der Waals surface area (Å²) in [5.41, 5.74) is 7.16. The first-order valence-electron chi connectivity index (χ1n) is 11.5. The first-order chi connectivity index (χ1) is 14.3. The van der Waals surface area contributed by atoms with Crippen LogP contribution in [0.4, 0.5) is 0 Å². The molecule has 0 saturated heterocycles. The Kier molecular flexibility index (Phi) is 6.96. The summed E-state index contributed by atoms with van der Waals surface area (Å²) in [6, 6.07) is 10.3. The molecule has 0 amide bonds. The topological polar surface area (TPSA) is 46.3 Å². The monoisotopic (exact) mass is 437 g/mol. The van der Waals surface area contributed by atoms with Crippen molar-refractivity contribution in [2.75, 3.05) is 0 Å². The first kappa shape index (κ1) is 26.0. The van der Waals surface area contributed by atoms with Gasteiger partial charge in [-0.15, -0.1) is 0 Å². The molecule has 176 valence electrons. The van der Waals surface area contributed by atoms with Gasteiger partial charge in [0.15, 0.2) is 12.0 Å². The molecule has 0 saturated carbocycles. The van der Waals surface area contributed by atoms with Crippen LogP contribution in [0.1, 0.15) is 105 Å². The highest BCUT2D eigenvalue weighted by Gasteiger charge is 2.24. The van der Waals surface area contributed by atoms with E-state index in [-0.39, 0.29) is 21.7 Å². The van der Waals surface area contributed by atoms with Crippen LogP contribution in [0, 0.1) is 0 Å². The predicted molar refractivity (Wildman–Crippen MR) is 137 cm³/mol. The average Bonchev–Trinajstić information content (AvgIpc) is 3.06. The number of nitrogens with zero attached hydrogens (tertiary/aromatic N) is 1. The minimum atomic E-state index is 0.0685. The van der Waals surface area contributed by atoms with Crippen LogP contribution in [0.5, 0.6) is 5.75 Å². The third-order valence-corrected chi connectivity index (χ3v) is 5.76. The molecule has 3 heteroatoms. The third kappa shape index (κ3) is 6.37. The minimum Gasteiger partial charge on any atom is -0.508 e. The van der Waals surface area contributed by atoms with E-state index >= 15 is 0 Å². The van der Waals surface area contributed by atoms with Gasteiger partial charge in [0.2, 0.25) is 0 Å². The molecule has 0 bridgehead atoms. The van der Waals surface area contributed by atoms with Gasteiger partial charge in [0.25, 0.3) is 0 Å².